The van der Waals surface area contributed by atoms with Crippen molar-refractivity contribution in [3.63, 3.8) is 0 Å². The Morgan fingerprint density at radius 2 is 2.31 bits per heavy atom. The maximum Gasteiger partial charge on any atom is 0.123 e. The Kier molecular flexibility index (Phi) is 2.21. The van der Waals surface area contributed by atoms with E-state index in [9.17, 15) is 0 Å². The summed E-state index contributed by atoms with van der Waals surface area (Å²) >= 11 is 0. The van der Waals surface area contributed by atoms with Gasteiger partial charge in [-0.15, -0.1) is 0 Å². The first-order valence-electron chi connectivity index (χ1n) is 6.17. The largest absolute Gasteiger partial charge is 0.492 e. The average Bonchev–Trinajstić information content (AvgIpc) is 2.62. The molecule has 16 heavy (non-hydrogen) atoms. The molecule has 2 heteroatoms. The van der Waals surface area contributed by atoms with Gasteiger partial charge in [-0.2, -0.15) is 0 Å². The molecule has 0 amide bonds. The van der Waals surface area contributed by atoms with Crippen LogP contribution in [0.5, 0.6) is 5.75 Å². The number of ether oxygens (including phenoxy) is 1. The lowest BCUT2D eigenvalue weighted by Gasteiger charge is -2.39. The van der Waals surface area contributed by atoms with Crippen molar-refractivity contribution in [3.05, 3.63) is 29.3 Å². The van der Waals surface area contributed by atoms with E-state index in [2.05, 4.69) is 37.4 Å². The van der Waals surface area contributed by atoms with Crippen LogP contribution in [0.2, 0.25) is 0 Å². The lowest BCUT2D eigenvalue weighted by Crippen LogP contribution is -2.47. The number of nitrogens with one attached hydrogen (secondary N) is 1. The highest BCUT2D eigenvalue weighted by Gasteiger charge is 2.45. The molecular weight excluding hydrogens is 198 g/mol. The second-order valence-corrected chi connectivity index (χ2v) is 5.30. The van der Waals surface area contributed by atoms with E-state index >= 15 is 0 Å². The quantitative estimate of drug-likeness (QED) is 0.719. The van der Waals surface area contributed by atoms with E-state index in [1.807, 2.05) is 0 Å². The van der Waals surface area contributed by atoms with Gasteiger partial charge in [0, 0.05) is 11.0 Å². The zero-order valence-electron chi connectivity index (χ0n) is 10.0. The first-order valence-corrected chi connectivity index (χ1v) is 6.17. The van der Waals surface area contributed by atoms with Crippen LogP contribution in [0.15, 0.2) is 18.2 Å². The number of rotatable bonds is 0. The summed E-state index contributed by atoms with van der Waals surface area (Å²) in [5, 5.41) is 3.47. The van der Waals surface area contributed by atoms with E-state index in [-0.39, 0.29) is 5.41 Å². The van der Waals surface area contributed by atoms with Gasteiger partial charge in [0.1, 0.15) is 5.75 Å². The zero-order chi connectivity index (χ0) is 11.2. The van der Waals surface area contributed by atoms with E-state index in [4.69, 9.17) is 4.74 Å². The number of fused-ring (bicyclic) bond motifs is 2. The number of piperidine rings is 1. The minimum absolute atomic E-state index is 0.272. The van der Waals surface area contributed by atoms with Crippen molar-refractivity contribution < 1.29 is 4.74 Å². The normalized spacial score (nSPS) is 32.5. The first-order chi connectivity index (χ1) is 7.72. The molecule has 0 saturated carbocycles. The minimum atomic E-state index is 0.272. The topological polar surface area (TPSA) is 21.3 Å². The smallest absolute Gasteiger partial charge is 0.123 e. The molecule has 0 aromatic heterocycles. The summed E-state index contributed by atoms with van der Waals surface area (Å²) in [7, 11) is 0. The van der Waals surface area contributed by atoms with Crippen molar-refractivity contribution in [2.24, 2.45) is 5.92 Å². The van der Waals surface area contributed by atoms with E-state index < -0.39 is 0 Å². The number of hydrogen-bond donors (Lipinski definition) is 1. The van der Waals surface area contributed by atoms with Gasteiger partial charge in [0.25, 0.3) is 0 Å². The molecule has 1 fully saturated rings. The van der Waals surface area contributed by atoms with Gasteiger partial charge in [-0.05, 0) is 44.0 Å². The SMILES string of the molecule is Cc1ccc2c(c1)OCC21CCNCC1C. The van der Waals surface area contributed by atoms with Crippen LogP contribution in [0.1, 0.15) is 24.5 Å². The fourth-order valence-electron chi connectivity index (χ4n) is 3.13. The predicted octanol–water partition coefficient (Wildman–Crippen LogP) is 2.25. The number of aryl methyl sites for hydroxylation is 1. The fourth-order valence-corrected chi connectivity index (χ4v) is 3.13. The molecule has 0 aliphatic carbocycles. The van der Waals surface area contributed by atoms with E-state index in [0.29, 0.717) is 5.92 Å². The third-order valence-electron chi connectivity index (χ3n) is 4.30. The highest BCUT2D eigenvalue weighted by atomic mass is 16.5. The lowest BCUT2D eigenvalue weighted by atomic mass is 9.68. The highest BCUT2D eigenvalue weighted by molar-refractivity contribution is 5.46. The van der Waals surface area contributed by atoms with Crippen molar-refractivity contribution in [2.45, 2.75) is 25.7 Å². The third kappa shape index (κ3) is 1.29. The summed E-state index contributed by atoms with van der Waals surface area (Å²) in [5.41, 5.74) is 3.00. The van der Waals surface area contributed by atoms with Crippen LogP contribution < -0.4 is 10.1 Å². The molecule has 0 bridgehead atoms. The van der Waals surface area contributed by atoms with Gasteiger partial charge in [-0.1, -0.05) is 19.1 Å². The summed E-state index contributed by atoms with van der Waals surface area (Å²) in [5.74, 6) is 1.78. The Morgan fingerprint density at radius 3 is 3.12 bits per heavy atom. The Bertz CT molecular complexity index is 415. The third-order valence-corrected chi connectivity index (χ3v) is 4.30. The average molecular weight is 217 g/mol. The van der Waals surface area contributed by atoms with E-state index in [1.54, 1.807) is 0 Å². The van der Waals surface area contributed by atoms with Gasteiger partial charge in [-0.25, -0.2) is 0 Å². The first kappa shape index (κ1) is 10.2. The van der Waals surface area contributed by atoms with Gasteiger partial charge >= 0.3 is 0 Å². The molecule has 2 aliphatic heterocycles. The van der Waals surface area contributed by atoms with Gasteiger partial charge in [0.15, 0.2) is 0 Å². The van der Waals surface area contributed by atoms with Crippen molar-refractivity contribution in [2.75, 3.05) is 19.7 Å². The van der Waals surface area contributed by atoms with Crippen LogP contribution in [0.4, 0.5) is 0 Å². The molecule has 3 rings (SSSR count). The molecule has 1 aromatic carbocycles. The van der Waals surface area contributed by atoms with Gasteiger partial charge in [0.05, 0.1) is 6.61 Å². The Hall–Kier alpha value is -1.02. The molecule has 2 aliphatic rings. The lowest BCUT2D eigenvalue weighted by molar-refractivity contribution is 0.164. The minimum Gasteiger partial charge on any atom is -0.492 e. The number of benzene rings is 1. The monoisotopic (exact) mass is 217 g/mol. The van der Waals surface area contributed by atoms with Crippen LogP contribution in [0.25, 0.3) is 0 Å². The fraction of sp³-hybridized carbons (Fsp3) is 0.571. The zero-order valence-corrected chi connectivity index (χ0v) is 10.0. The molecule has 2 unspecified atom stereocenters. The molecule has 86 valence electrons. The summed E-state index contributed by atoms with van der Waals surface area (Å²) in [6.45, 7) is 7.55. The van der Waals surface area contributed by atoms with E-state index in [1.165, 1.54) is 17.5 Å². The maximum absolute atomic E-state index is 5.92. The standard InChI is InChI=1S/C14H19NO/c1-10-3-4-12-13(7-10)16-9-14(12)5-6-15-8-11(14)2/h3-4,7,11,15H,5-6,8-9H2,1-2H3. The highest BCUT2D eigenvalue weighted by Crippen LogP contribution is 2.47. The summed E-state index contributed by atoms with van der Waals surface area (Å²) in [6.07, 6.45) is 1.20. The molecule has 1 spiro atoms. The Morgan fingerprint density at radius 1 is 1.44 bits per heavy atom. The second kappa shape index (κ2) is 3.49. The summed E-state index contributed by atoms with van der Waals surface area (Å²) in [6, 6.07) is 6.67. The van der Waals surface area contributed by atoms with Crippen molar-refractivity contribution in [1.82, 2.24) is 5.32 Å². The Labute approximate surface area is 97.0 Å². The van der Waals surface area contributed by atoms with Gasteiger partial charge in [-0.3, -0.25) is 0 Å². The molecular formula is C14H19NO. The molecule has 0 radical (unpaired) electrons. The molecule has 1 N–H and O–H groups in total. The molecule has 2 heterocycles. The van der Waals surface area contributed by atoms with Crippen LogP contribution in [-0.2, 0) is 5.41 Å². The van der Waals surface area contributed by atoms with Crippen LogP contribution >= 0.6 is 0 Å². The molecule has 2 nitrogen and oxygen atoms in total. The van der Waals surface area contributed by atoms with Gasteiger partial charge < -0.3 is 10.1 Å². The predicted molar refractivity (Wildman–Crippen MR) is 65.0 cm³/mol. The van der Waals surface area contributed by atoms with Crippen LogP contribution in [-0.4, -0.2) is 19.7 Å². The maximum atomic E-state index is 5.92. The van der Waals surface area contributed by atoms with Crippen molar-refractivity contribution in [3.8, 4) is 5.75 Å². The van der Waals surface area contributed by atoms with Crippen LogP contribution in [0, 0.1) is 12.8 Å². The molecule has 1 saturated heterocycles. The summed E-state index contributed by atoms with van der Waals surface area (Å²) in [4.78, 5) is 0. The summed E-state index contributed by atoms with van der Waals surface area (Å²) < 4.78 is 5.92. The Balaban J connectivity index is 2.06. The van der Waals surface area contributed by atoms with Crippen LogP contribution in [0.3, 0.4) is 0 Å². The molecule has 1 aromatic rings. The van der Waals surface area contributed by atoms with Gasteiger partial charge in [0.2, 0.25) is 0 Å². The van der Waals surface area contributed by atoms with Crippen molar-refractivity contribution in [1.29, 1.82) is 0 Å². The second-order valence-electron chi connectivity index (χ2n) is 5.30. The number of hydrogen-bond acceptors (Lipinski definition) is 2. The van der Waals surface area contributed by atoms with E-state index in [0.717, 1.165) is 25.4 Å². The molecule has 2 atom stereocenters. The van der Waals surface area contributed by atoms with Crippen molar-refractivity contribution >= 4 is 0 Å².